The first-order valence-electron chi connectivity index (χ1n) is 11.7. The van der Waals surface area contributed by atoms with Gasteiger partial charge in [-0.3, -0.25) is 14.5 Å². The third-order valence-corrected chi connectivity index (χ3v) is 8.22. The van der Waals surface area contributed by atoms with Crippen molar-refractivity contribution < 1.29 is 19.4 Å². The van der Waals surface area contributed by atoms with Gasteiger partial charge < -0.3 is 9.84 Å². The standard InChI is InChI=1S/C28H25N3O4S2/c1-6-11-35-19-9-7-18(8-10-19)23-21(24(32)26-16(4)29-17(5)36-26)25(33)27(34)31(23)28-30-22-15(3)12-14(2)13-20(22)37-28/h6-10,12-13,23,33H,1,11H2,2-5H3. The fourth-order valence-corrected chi connectivity index (χ4v) is 6.62. The van der Waals surface area contributed by atoms with Crippen molar-refractivity contribution in [1.29, 1.82) is 0 Å². The van der Waals surface area contributed by atoms with Gasteiger partial charge in [0.2, 0.25) is 5.78 Å². The number of thiazole rings is 2. The largest absolute Gasteiger partial charge is 0.503 e. The van der Waals surface area contributed by atoms with Gasteiger partial charge in [-0.1, -0.05) is 42.2 Å². The van der Waals surface area contributed by atoms with E-state index in [1.807, 2.05) is 32.9 Å². The molecule has 2 aromatic carbocycles. The molecule has 0 radical (unpaired) electrons. The van der Waals surface area contributed by atoms with Crippen molar-refractivity contribution in [2.45, 2.75) is 33.7 Å². The summed E-state index contributed by atoms with van der Waals surface area (Å²) in [6, 6.07) is 10.3. The fourth-order valence-electron chi connectivity index (χ4n) is 4.58. The lowest BCUT2D eigenvalue weighted by molar-refractivity contribution is -0.117. The van der Waals surface area contributed by atoms with Crippen LogP contribution in [0.5, 0.6) is 5.75 Å². The maximum absolute atomic E-state index is 13.8. The Kier molecular flexibility index (Phi) is 6.43. The maximum Gasteiger partial charge on any atom is 0.296 e. The number of nitrogens with zero attached hydrogens (tertiary/aromatic N) is 3. The molecule has 0 fully saturated rings. The van der Waals surface area contributed by atoms with Crippen molar-refractivity contribution in [2.75, 3.05) is 11.5 Å². The number of fused-ring (bicyclic) bond motifs is 1. The van der Waals surface area contributed by atoms with Gasteiger partial charge in [-0.2, -0.15) is 0 Å². The molecule has 0 aliphatic carbocycles. The van der Waals surface area contributed by atoms with E-state index in [1.54, 1.807) is 37.3 Å². The van der Waals surface area contributed by atoms with Gasteiger partial charge in [0.15, 0.2) is 10.9 Å². The van der Waals surface area contributed by atoms with E-state index in [0.717, 1.165) is 26.4 Å². The van der Waals surface area contributed by atoms with E-state index in [4.69, 9.17) is 9.72 Å². The molecule has 2 aromatic heterocycles. The Hall–Kier alpha value is -3.82. The van der Waals surface area contributed by atoms with E-state index in [9.17, 15) is 14.7 Å². The zero-order valence-corrected chi connectivity index (χ0v) is 22.5. The Bertz CT molecular complexity index is 1600. The summed E-state index contributed by atoms with van der Waals surface area (Å²) in [5.41, 5.74) is 4.11. The molecule has 7 nitrogen and oxygen atoms in total. The van der Waals surface area contributed by atoms with Crippen molar-refractivity contribution in [3.8, 4) is 5.75 Å². The summed E-state index contributed by atoms with van der Waals surface area (Å²) in [5.74, 6) is -1.02. The van der Waals surface area contributed by atoms with Crippen LogP contribution in [-0.4, -0.2) is 33.4 Å². The zero-order chi connectivity index (χ0) is 26.4. The Morgan fingerprint density at radius 3 is 2.51 bits per heavy atom. The van der Waals surface area contributed by atoms with Crippen LogP contribution in [0.15, 0.2) is 60.4 Å². The molecule has 1 aliphatic heterocycles. The molecule has 37 heavy (non-hydrogen) atoms. The Balaban J connectivity index is 1.66. The highest BCUT2D eigenvalue weighted by molar-refractivity contribution is 7.22. The molecule has 1 N–H and O–H groups in total. The molecule has 9 heteroatoms. The number of aromatic nitrogens is 2. The van der Waals surface area contributed by atoms with Crippen molar-refractivity contribution in [2.24, 2.45) is 0 Å². The summed E-state index contributed by atoms with van der Waals surface area (Å²) in [6.45, 7) is 11.6. The topological polar surface area (TPSA) is 92.6 Å². The smallest absolute Gasteiger partial charge is 0.296 e. The first-order chi connectivity index (χ1) is 17.7. The van der Waals surface area contributed by atoms with Crippen LogP contribution >= 0.6 is 22.7 Å². The molecule has 1 amide bonds. The van der Waals surface area contributed by atoms with Crippen LogP contribution in [0.25, 0.3) is 10.2 Å². The number of rotatable bonds is 7. The monoisotopic (exact) mass is 531 g/mol. The third kappa shape index (κ3) is 4.34. The molecule has 4 aromatic rings. The minimum Gasteiger partial charge on any atom is -0.503 e. The quantitative estimate of drug-likeness (QED) is 0.221. The van der Waals surface area contributed by atoms with Crippen LogP contribution in [0.3, 0.4) is 0 Å². The number of hydrogen-bond donors (Lipinski definition) is 1. The van der Waals surface area contributed by atoms with Gasteiger partial charge >= 0.3 is 0 Å². The SMILES string of the molecule is C=CCOc1ccc(C2C(C(=O)c3sc(C)nc3C)=C(O)C(=O)N2c2nc3c(C)cc(C)cc3s2)cc1. The number of amides is 1. The number of Topliss-reactive ketones (excluding diaryl/α,β-unsaturated/α-hetero) is 1. The Morgan fingerprint density at radius 2 is 1.86 bits per heavy atom. The molecule has 1 atom stereocenters. The highest BCUT2D eigenvalue weighted by Crippen LogP contribution is 2.45. The highest BCUT2D eigenvalue weighted by Gasteiger charge is 2.46. The van der Waals surface area contributed by atoms with Crippen LogP contribution in [0.4, 0.5) is 5.13 Å². The summed E-state index contributed by atoms with van der Waals surface area (Å²) in [4.78, 5) is 38.3. The molecule has 1 unspecified atom stereocenters. The fraction of sp³-hybridized carbons (Fsp3) is 0.214. The lowest BCUT2D eigenvalue weighted by Crippen LogP contribution is -2.31. The van der Waals surface area contributed by atoms with Crippen LogP contribution in [0.2, 0.25) is 0 Å². The average molecular weight is 532 g/mol. The van der Waals surface area contributed by atoms with Crippen molar-refractivity contribution in [3.05, 3.63) is 92.7 Å². The van der Waals surface area contributed by atoms with Crippen molar-refractivity contribution >= 4 is 49.7 Å². The predicted molar refractivity (Wildman–Crippen MR) is 147 cm³/mol. The summed E-state index contributed by atoms with van der Waals surface area (Å²) >= 11 is 2.61. The van der Waals surface area contributed by atoms with Gasteiger partial charge in [0.1, 0.15) is 12.4 Å². The number of carbonyl (C=O) groups excluding carboxylic acids is 2. The van der Waals surface area contributed by atoms with E-state index < -0.39 is 23.5 Å². The number of anilines is 1. The van der Waals surface area contributed by atoms with Crippen LogP contribution in [-0.2, 0) is 4.79 Å². The number of aliphatic hydroxyl groups excluding tert-OH is 1. The minimum atomic E-state index is -0.864. The third-order valence-electron chi connectivity index (χ3n) is 6.15. The van der Waals surface area contributed by atoms with Gasteiger partial charge in [0.25, 0.3) is 5.91 Å². The van der Waals surface area contributed by atoms with Gasteiger partial charge in [-0.05, 0) is 62.6 Å². The number of carbonyl (C=O) groups is 2. The second kappa shape index (κ2) is 9.57. The highest BCUT2D eigenvalue weighted by atomic mass is 32.1. The minimum absolute atomic E-state index is 0.0173. The average Bonchev–Trinajstić information content (AvgIpc) is 3.51. The van der Waals surface area contributed by atoms with Crippen molar-refractivity contribution in [3.63, 3.8) is 0 Å². The number of ether oxygens (including phenoxy) is 1. The van der Waals surface area contributed by atoms with E-state index in [2.05, 4.69) is 11.6 Å². The zero-order valence-electron chi connectivity index (χ0n) is 20.9. The second-order valence-electron chi connectivity index (χ2n) is 8.91. The number of hydrogen-bond acceptors (Lipinski definition) is 8. The van der Waals surface area contributed by atoms with Crippen LogP contribution in [0.1, 0.15) is 43.1 Å². The lowest BCUT2D eigenvalue weighted by Gasteiger charge is -2.24. The predicted octanol–water partition coefficient (Wildman–Crippen LogP) is 6.33. The molecule has 188 valence electrons. The number of ketones is 1. The first kappa shape index (κ1) is 24.9. The van der Waals surface area contributed by atoms with E-state index in [0.29, 0.717) is 33.6 Å². The van der Waals surface area contributed by atoms with Gasteiger partial charge in [0, 0.05) is 0 Å². The molecular formula is C28H25N3O4S2. The number of benzene rings is 2. The van der Waals surface area contributed by atoms with Crippen LogP contribution < -0.4 is 9.64 Å². The van der Waals surface area contributed by atoms with Crippen molar-refractivity contribution in [1.82, 2.24) is 9.97 Å². The number of aryl methyl sites for hydroxylation is 4. The van der Waals surface area contributed by atoms with Gasteiger partial charge in [-0.15, -0.1) is 11.3 Å². The summed E-state index contributed by atoms with van der Waals surface area (Å²) in [7, 11) is 0. The lowest BCUT2D eigenvalue weighted by atomic mass is 9.95. The maximum atomic E-state index is 13.8. The van der Waals surface area contributed by atoms with E-state index >= 15 is 0 Å². The molecule has 0 saturated carbocycles. The molecule has 1 aliphatic rings. The van der Waals surface area contributed by atoms with Crippen LogP contribution in [0, 0.1) is 27.7 Å². The normalized spacial score (nSPS) is 15.6. The molecule has 0 spiro atoms. The summed E-state index contributed by atoms with van der Waals surface area (Å²) < 4.78 is 6.54. The molecular weight excluding hydrogens is 506 g/mol. The number of aliphatic hydroxyl groups is 1. The molecule has 5 rings (SSSR count). The molecule has 0 bridgehead atoms. The Labute approximate surface area is 222 Å². The van der Waals surface area contributed by atoms with E-state index in [1.165, 1.54) is 27.6 Å². The summed E-state index contributed by atoms with van der Waals surface area (Å²) in [5, 5.41) is 12.2. The van der Waals surface area contributed by atoms with E-state index in [-0.39, 0.29) is 5.57 Å². The molecule has 0 saturated heterocycles. The second-order valence-corrected chi connectivity index (χ2v) is 11.1. The van der Waals surface area contributed by atoms with Gasteiger partial charge in [0.05, 0.1) is 37.4 Å². The first-order valence-corrected chi connectivity index (χ1v) is 13.3. The summed E-state index contributed by atoms with van der Waals surface area (Å²) in [6.07, 6.45) is 1.65. The Morgan fingerprint density at radius 1 is 1.14 bits per heavy atom. The van der Waals surface area contributed by atoms with Gasteiger partial charge in [-0.25, -0.2) is 9.97 Å². The molecule has 3 heterocycles.